The van der Waals surface area contributed by atoms with Gasteiger partial charge < -0.3 is 5.32 Å². The van der Waals surface area contributed by atoms with Crippen molar-refractivity contribution in [2.24, 2.45) is 11.8 Å². The Morgan fingerprint density at radius 1 is 1.18 bits per heavy atom. The molecule has 2 nitrogen and oxygen atoms in total. The van der Waals surface area contributed by atoms with E-state index in [4.69, 9.17) is 0 Å². The summed E-state index contributed by atoms with van der Waals surface area (Å²) in [5.74, 6) is 1.18. The fraction of sp³-hybridized carbons (Fsp3) is 0.889. The van der Waals surface area contributed by atoms with E-state index in [2.05, 4.69) is 33.0 Å². The first-order valence-corrected chi connectivity index (χ1v) is 4.29. The minimum Gasteiger partial charge on any atom is -0.356 e. The zero-order chi connectivity index (χ0) is 8.85. The normalized spacial score (nSPS) is 10.7. The van der Waals surface area contributed by atoms with Crippen LogP contribution in [-0.4, -0.2) is 12.5 Å². The molecule has 0 aromatic carbocycles. The monoisotopic (exact) mass is 157 g/mol. The van der Waals surface area contributed by atoms with Crippen LogP contribution in [0.15, 0.2) is 0 Å². The Labute approximate surface area is 69.4 Å². The molecule has 0 spiro atoms. The van der Waals surface area contributed by atoms with E-state index in [1.165, 1.54) is 0 Å². The maximum atomic E-state index is 11.0. The van der Waals surface area contributed by atoms with Crippen LogP contribution in [-0.2, 0) is 4.79 Å². The standard InChI is InChI=1S/C9H19NO/c1-7(2)5-9(11)10-6-8(3)4/h7-8H,5-6H2,1-4H3,(H,10,11). The third kappa shape index (κ3) is 7.37. The number of hydrogen-bond donors (Lipinski definition) is 1. The Balaban J connectivity index is 3.38. The van der Waals surface area contributed by atoms with Gasteiger partial charge in [-0.05, 0) is 11.8 Å². The van der Waals surface area contributed by atoms with E-state index in [1.54, 1.807) is 0 Å². The first-order valence-electron chi connectivity index (χ1n) is 4.29. The topological polar surface area (TPSA) is 29.1 Å². The molecule has 66 valence electrons. The summed E-state index contributed by atoms with van der Waals surface area (Å²) in [7, 11) is 0. The van der Waals surface area contributed by atoms with E-state index in [1.807, 2.05) is 0 Å². The molecule has 1 N–H and O–H groups in total. The summed E-state index contributed by atoms with van der Waals surface area (Å²) >= 11 is 0. The van der Waals surface area contributed by atoms with E-state index < -0.39 is 0 Å². The molecule has 0 aliphatic rings. The van der Waals surface area contributed by atoms with E-state index >= 15 is 0 Å². The first kappa shape index (κ1) is 10.5. The van der Waals surface area contributed by atoms with Crippen LogP contribution in [0.3, 0.4) is 0 Å². The number of carbonyl (C=O) groups excluding carboxylic acids is 1. The molecule has 0 aromatic rings. The summed E-state index contributed by atoms with van der Waals surface area (Å²) in [4.78, 5) is 11.0. The van der Waals surface area contributed by atoms with Crippen LogP contribution in [0.4, 0.5) is 0 Å². The van der Waals surface area contributed by atoms with Crippen molar-refractivity contribution in [1.82, 2.24) is 5.32 Å². The van der Waals surface area contributed by atoms with Gasteiger partial charge in [-0.15, -0.1) is 0 Å². The summed E-state index contributed by atoms with van der Waals surface area (Å²) in [6, 6.07) is 0. The summed E-state index contributed by atoms with van der Waals surface area (Å²) in [5, 5.41) is 2.87. The van der Waals surface area contributed by atoms with Crippen LogP contribution < -0.4 is 5.32 Å². The van der Waals surface area contributed by atoms with E-state index in [-0.39, 0.29) is 5.91 Å². The summed E-state index contributed by atoms with van der Waals surface area (Å²) in [6.45, 7) is 9.08. The molecule has 11 heavy (non-hydrogen) atoms. The maximum absolute atomic E-state index is 11.0. The van der Waals surface area contributed by atoms with Crippen LogP contribution in [0.5, 0.6) is 0 Å². The second-order valence-corrected chi connectivity index (χ2v) is 3.80. The van der Waals surface area contributed by atoms with Crippen molar-refractivity contribution >= 4 is 5.91 Å². The predicted octanol–water partition coefficient (Wildman–Crippen LogP) is 1.80. The van der Waals surface area contributed by atoms with Crippen molar-refractivity contribution in [2.75, 3.05) is 6.54 Å². The smallest absolute Gasteiger partial charge is 0.220 e. The van der Waals surface area contributed by atoms with Gasteiger partial charge in [0.1, 0.15) is 0 Å². The SMILES string of the molecule is CC(C)CNC(=O)CC(C)C. The highest BCUT2D eigenvalue weighted by atomic mass is 16.1. The molecular formula is C9H19NO. The zero-order valence-corrected chi connectivity index (χ0v) is 7.98. The molecule has 0 fully saturated rings. The first-order chi connectivity index (χ1) is 5.02. The minimum absolute atomic E-state index is 0.175. The minimum atomic E-state index is 0.175. The van der Waals surface area contributed by atoms with Gasteiger partial charge in [0.15, 0.2) is 0 Å². The van der Waals surface area contributed by atoms with Crippen molar-refractivity contribution in [1.29, 1.82) is 0 Å². The van der Waals surface area contributed by atoms with E-state index in [0.717, 1.165) is 6.54 Å². The van der Waals surface area contributed by atoms with Crippen LogP contribution >= 0.6 is 0 Å². The Hall–Kier alpha value is -0.530. The quantitative estimate of drug-likeness (QED) is 0.662. The molecule has 1 amide bonds. The van der Waals surface area contributed by atoms with Crippen LogP contribution in [0, 0.1) is 11.8 Å². The molecule has 0 atom stereocenters. The molecule has 0 unspecified atom stereocenters. The third-order valence-electron chi connectivity index (χ3n) is 1.30. The molecule has 0 radical (unpaired) electrons. The molecule has 0 heterocycles. The highest BCUT2D eigenvalue weighted by Gasteiger charge is 2.03. The molecular weight excluding hydrogens is 138 g/mol. The Bertz CT molecular complexity index is 119. The predicted molar refractivity (Wildman–Crippen MR) is 47.3 cm³/mol. The van der Waals surface area contributed by atoms with Crippen molar-refractivity contribution in [3.63, 3.8) is 0 Å². The number of carbonyl (C=O) groups is 1. The van der Waals surface area contributed by atoms with E-state index in [9.17, 15) is 4.79 Å². The lowest BCUT2D eigenvalue weighted by Gasteiger charge is -2.08. The Morgan fingerprint density at radius 2 is 1.73 bits per heavy atom. The largest absolute Gasteiger partial charge is 0.356 e. The summed E-state index contributed by atoms with van der Waals surface area (Å²) in [5.41, 5.74) is 0. The number of nitrogens with one attached hydrogen (secondary N) is 1. The molecule has 0 aromatic heterocycles. The average molecular weight is 157 g/mol. The van der Waals surface area contributed by atoms with Gasteiger partial charge >= 0.3 is 0 Å². The number of amides is 1. The zero-order valence-electron chi connectivity index (χ0n) is 7.98. The van der Waals surface area contributed by atoms with E-state index in [0.29, 0.717) is 18.3 Å². The number of rotatable bonds is 4. The van der Waals surface area contributed by atoms with Gasteiger partial charge in [0.05, 0.1) is 0 Å². The van der Waals surface area contributed by atoms with Gasteiger partial charge in [-0.3, -0.25) is 4.79 Å². The van der Waals surface area contributed by atoms with Crippen molar-refractivity contribution < 1.29 is 4.79 Å². The van der Waals surface area contributed by atoms with Crippen molar-refractivity contribution in [3.05, 3.63) is 0 Å². The Morgan fingerprint density at radius 3 is 2.09 bits per heavy atom. The van der Waals surface area contributed by atoms with Gasteiger partial charge in [-0.1, -0.05) is 27.7 Å². The van der Waals surface area contributed by atoms with Gasteiger partial charge in [0.2, 0.25) is 5.91 Å². The maximum Gasteiger partial charge on any atom is 0.220 e. The molecule has 2 heteroatoms. The molecule has 0 aliphatic heterocycles. The lowest BCUT2D eigenvalue weighted by Crippen LogP contribution is -2.28. The van der Waals surface area contributed by atoms with Gasteiger partial charge in [-0.25, -0.2) is 0 Å². The Kier molecular flexibility index (Phi) is 4.92. The third-order valence-corrected chi connectivity index (χ3v) is 1.30. The van der Waals surface area contributed by atoms with Gasteiger partial charge in [0.25, 0.3) is 0 Å². The van der Waals surface area contributed by atoms with Gasteiger partial charge in [0, 0.05) is 13.0 Å². The molecule has 0 bridgehead atoms. The molecule has 0 rings (SSSR count). The highest BCUT2D eigenvalue weighted by Crippen LogP contribution is 1.98. The fourth-order valence-electron chi connectivity index (χ4n) is 0.761. The average Bonchev–Trinajstić information content (AvgIpc) is 1.82. The fourth-order valence-corrected chi connectivity index (χ4v) is 0.761. The summed E-state index contributed by atoms with van der Waals surface area (Å²) in [6.07, 6.45) is 0.646. The van der Waals surface area contributed by atoms with Crippen molar-refractivity contribution in [3.8, 4) is 0 Å². The van der Waals surface area contributed by atoms with Crippen LogP contribution in [0.25, 0.3) is 0 Å². The number of hydrogen-bond acceptors (Lipinski definition) is 1. The van der Waals surface area contributed by atoms with Gasteiger partial charge in [-0.2, -0.15) is 0 Å². The molecule has 0 aliphatic carbocycles. The van der Waals surface area contributed by atoms with Crippen LogP contribution in [0.2, 0.25) is 0 Å². The van der Waals surface area contributed by atoms with Crippen molar-refractivity contribution in [2.45, 2.75) is 34.1 Å². The lowest BCUT2D eigenvalue weighted by molar-refractivity contribution is -0.121. The lowest BCUT2D eigenvalue weighted by atomic mass is 10.1. The molecule has 0 saturated carbocycles. The second-order valence-electron chi connectivity index (χ2n) is 3.80. The highest BCUT2D eigenvalue weighted by molar-refractivity contribution is 5.75. The summed E-state index contributed by atoms with van der Waals surface area (Å²) < 4.78 is 0. The molecule has 0 saturated heterocycles. The van der Waals surface area contributed by atoms with Crippen LogP contribution in [0.1, 0.15) is 34.1 Å². The second kappa shape index (κ2) is 5.16.